The average molecular weight is 248 g/mol. The minimum Gasteiger partial charge on any atom is -0.343 e. The summed E-state index contributed by atoms with van der Waals surface area (Å²) in [5.74, 6) is 0. The van der Waals surface area contributed by atoms with E-state index in [2.05, 4.69) is 5.32 Å². The van der Waals surface area contributed by atoms with E-state index in [-0.39, 0.29) is 5.11 Å². The molecule has 0 amide bonds. The lowest BCUT2D eigenvalue weighted by Crippen LogP contribution is -2.38. The van der Waals surface area contributed by atoms with E-state index in [4.69, 9.17) is 12.2 Å². The lowest BCUT2D eigenvalue weighted by molar-refractivity contribution is -0.135. The maximum Gasteiger partial charge on any atom is 0.405 e. The SMILES string of the molecule is CN(CC(F)(F)F)C(=S)Nc1ccccc1. The van der Waals surface area contributed by atoms with Gasteiger partial charge in [-0.25, -0.2) is 0 Å². The quantitative estimate of drug-likeness (QED) is 0.810. The summed E-state index contributed by atoms with van der Waals surface area (Å²) < 4.78 is 36.2. The molecule has 0 aliphatic rings. The second kappa shape index (κ2) is 5.16. The molecule has 0 bridgehead atoms. The normalized spacial score (nSPS) is 11.0. The van der Waals surface area contributed by atoms with Crippen molar-refractivity contribution in [3.05, 3.63) is 30.3 Å². The molecular weight excluding hydrogens is 237 g/mol. The van der Waals surface area contributed by atoms with Crippen molar-refractivity contribution in [1.82, 2.24) is 4.90 Å². The van der Waals surface area contributed by atoms with Crippen LogP contribution < -0.4 is 5.32 Å². The van der Waals surface area contributed by atoms with Crippen LogP contribution in [0.25, 0.3) is 0 Å². The Morgan fingerprint density at radius 2 is 1.88 bits per heavy atom. The third-order valence-corrected chi connectivity index (χ3v) is 2.20. The third-order valence-electron chi connectivity index (χ3n) is 1.79. The number of nitrogens with one attached hydrogen (secondary N) is 1. The molecule has 0 atom stereocenters. The fourth-order valence-electron chi connectivity index (χ4n) is 1.08. The van der Waals surface area contributed by atoms with Gasteiger partial charge in [-0.2, -0.15) is 13.2 Å². The Balaban J connectivity index is 2.53. The van der Waals surface area contributed by atoms with Gasteiger partial charge >= 0.3 is 6.18 Å². The average Bonchev–Trinajstić information content (AvgIpc) is 2.16. The monoisotopic (exact) mass is 248 g/mol. The van der Waals surface area contributed by atoms with E-state index < -0.39 is 12.7 Å². The summed E-state index contributed by atoms with van der Waals surface area (Å²) in [6.45, 7) is -1.06. The molecule has 0 saturated carbocycles. The van der Waals surface area contributed by atoms with Crippen molar-refractivity contribution in [2.75, 3.05) is 18.9 Å². The van der Waals surface area contributed by atoms with Crippen LogP contribution in [0.15, 0.2) is 30.3 Å². The van der Waals surface area contributed by atoms with E-state index in [0.29, 0.717) is 5.69 Å². The number of hydrogen-bond acceptors (Lipinski definition) is 1. The van der Waals surface area contributed by atoms with Crippen LogP contribution in [-0.4, -0.2) is 29.8 Å². The number of para-hydroxylation sites is 1. The Hall–Kier alpha value is -1.30. The van der Waals surface area contributed by atoms with Gasteiger partial charge in [0.2, 0.25) is 0 Å². The van der Waals surface area contributed by atoms with E-state index in [1.54, 1.807) is 24.3 Å². The Labute approximate surface area is 97.1 Å². The fraction of sp³-hybridized carbons (Fsp3) is 0.300. The zero-order valence-corrected chi connectivity index (χ0v) is 9.40. The predicted molar refractivity (Wildman–Crippen MR) is 61.3 cm³/mol. The molecule has 0 heterocycles. The number of hydrogen-bond donors (Lipinski definition) is 1. The minimum atomic E-state index is -4.25. The molecule has 0 fully saturated rings. The molecule has 1 rings (SSSR count). The fourth-order valence-corrected chi connectivity index (χ4v) is 1.26. The highest BCUT2D eigenvalue weighted by Crippen LogP contribution is 2.16. The van der Waals surface area contributed by atoms with Crippen LogP contribution in [0.2, 0.25) is 0 Å². The number of alkyl halides is 3. The van der Waals surface area contributed by atoms with Crippen LogP contribution >= 0.6 is 12.2 Å². The van der Waals surface area contributed by atoms with Crippen LogP contribution in [0.1, 0.15) is 0 Å². The van der Waals surface area contributed by atoms with Crippen molar-refractivity contribution in [3.8, 4) is 0 Å². The van der Waals surface area contributed by atoms with Crippen LogP contribution in [0.5, 0.6) is 0 Å². The van der Waals surface area contributed by atoms with Gasteiger partial charge in [0.25, 0.3) is 0 Å². The third kappa shape index (κ3) is 4.48. The van der Waals surface area contributed by atoms with E-state index >= 15 is 0 Å². The summed E-state index contributed by atoms with van der Waals surface area (Å²) in [6, 6.07) is 8.82. The highest BCUT2D eigenvalue weighted by molar-refractivity contribution is 7.80. The van der Waals surface area contributed by atoms with Gasteiger partial charge in [0, 0.05) is 12.7 Å². The molecule has 1 aromatic carbocycles. The molecule has 0 aromatic heterocycles. The first kappa shape index (κ1) is 12.8. The summed E-state index contributed by atoms with van der Waals surface area (Å²) in [4.78, 5) is 0.947. The second-order valence-electron chi connectivity index (χ2n) is 3.27. The van der Waals surface area contributed by atoms with Gasteiger partial charge < -0.3 is 10.2 Å². The first-order chi connectivity index (χ1) is 7.38. The standard InChI is InChI=1S/C10H11F3N2S/c1-15(7-10(11,12)13)9(16)14-8-5-3-2-4-6-8/h2-6H,7H2,1H3,(H,14,16). The Bertz CT molecular complexity index is 351. The van der Waals surface area contributed by atoms with E-state index in [1.807, 2.05) is 6.07 Å². The molecule has 0 spiro atoms. The number of rotatable bonds is 2. The van der Waals surface area contributed by atoms with Crippen LogP contribution in [0.3, 0.4) is 0 Å². The maximum absolute atomic E-state index is 12.1. The van der Waals surface area contributed by atoms with Gasteiger partial charge in [-0.1, -0.05) is 18.2 Å². The Kier molecular flexibility index (Phi) is 4.12. The molecular formula is C10H11F3N2S. The smallest absolute Gasteiger partial charge is 0.343 e. The summed E-state index contributed by atoms with van der Waals surface area (Å²) in [6.07, 6.45) is -4.25. The zero-order chi connectivity index (χ0) is 12.2. The van der Waals surface area contributed by atoms with Gasteiger partial charge in [-0.3, -0.25) is 0 Å². The lowest BCUT2D eigenvalue weighted by Gasteiger charge is -2.22. The zero-order valence-electron chi connectivity index (χ0n) is 8.58. The molecule has 1 aromatic rings. The summed E-state index contributed by atoms with van der Waals surface area (Å²) in [5.41, 5.74) is 0.668. The van der Waals surface area contributed by atoms with Crippen molar-refractivity contribution >= 4 is 23.0 Å². The van der Waals surface area contributed by atoms with Crippen LogP contribution in [0, 0.1) is 0 Å². The lowest BCUT2D eigenvalue weighted by atomic mass is 10.3. The Morgan fingerprint density at radius 3 is 2.38 bits per heavy atom. The van der Waals surface area contributed by atoms with Crippen LogP contribution in [-0.2, 0) is 0 Å². The van der Waals surface area contributed by atoms with Gasteiger partial charge in [0.05, 0.1) is 0 Å². The van der Waals surface area contributed by atoms with E-state index in [0.717, 1.165) is 4.90 Å². The van der Waals surface area contributed by atoms with Gasteiger partial charge in [-0.05, 0) is 24.4 Å². The summed E-state index contributed by atoms with van der Waals surface area (Å²) in [7, 11) is 1.30. The van der Waals surface area contributed by atoms with Crippen LogP contribution in [0.4, 0.5) is 18.9 Å². The number of nitrogens with zero attached hydrogens (tertiary/aromatic N) is 1. The highest BCUT2D eigenvalue weighted by Gasteiger charge is 2.30. The van der Waals surface area contributed by atoms with Gasteiger partial charge in [-0.15, -0.1) is 0 Å². The van der Waals surface area contributed by atoms with E-state index in [9.17, 15) is 13.2 Å². The summed E-state index contributed by atoms with van der Waals surface area (Å²) >= 11 is 4.84. The maximum atomic E-state index is 12.1. The molecule has 0 aliphatic carbocycles. The molecule has 6 heteroatoms. The Morgan fingerprint density at radius 1 is 1.31 bits per heavy atom. The van der Waals surface area contributed by atoms with Crippen molar-refractivity contribution in [1.29, 1.82) is 0 Å². The predicted octanol–water partition coefficient (Wildman–Crippen LogP) is 2.88. The molecule has 88 valence electrons. The molecule has 16 heavy (non-hydrogen) atoms. The first-order valence-corrected chi connectivity index (χ1v) is 4.93. The van der Waals surface area contributed by atoms with Crippen molar-refractivity contribution in [2.24, 2.45) is 0 Å². The van der Waals surface area contributed by atoms with E-state index in [1.165, 1.54) is 7.05 Å². The highest BCUT2D eigenvalue weighted by atomic mass is 32.1. The number of benzene rings is 1. The van der Waals surface area contributed by atoms with Gasteiger partial charge in [0.15, 0.2) is 5.11 Å². The first-order valence-electron chi connectivity index (χ1n) is 4.52. The molecule has 0 aliphatic heterocycles. The molecule has 1 N–H and O–H groups in total. The van der Waals surface area contributed by atoms with Crippen molar-refractivity contribution in [2.45, 2.75) is 6.18 Å². The molecule has 0 unspecified atom stereocenters. The number of halogens is 3. The number of thiocarbonyl (C=S) groups is 1. The summed E-state index contributed by atoms with van der Waals surface area (Å²) in [5, 5.41) is 2.77. The minimum absolute atomic E-state index is 0.0449. The van der Waals surface area contributed by atoms with Crippen molar-refractivity contribution in [3.63, 3.8) is 0 Å². The second-order valence-corrected chi connectivity index (χ2v) is 3.65. The van der Waals surface area contributed by atoms with Crippen molar-refractivity contribution < 1.29 is 13.2 Å². The molecule has 0 saturated heterocycles. The molecule has 2 nitrogen and oxygen atoms in total. The number of anilines is 1. The molecule has 0 radical (unpaired) electrons. The largest absolute Gasteiger partial charge is 0.405 e. The van der Waals surface area contributed by atoms with Gasteiger partial charge in [0.1, 0.15) is 6.54 Å². The topological polar surface area (TPSA) is 15.3 Å².